The maximum Gasteiger partial charge on any atom is 0.144 e. The third kappa shape index (κ3) is 1.62. The van der Waals surface area contributed by atoms with E-state index >= 15 is 0 Å². The minimum Gasteiger partial charge on any atom is -0.265 e. The van der Waals surface area contributed by atoms with Crippen LogP contribution in [0.15, 0.2) is 36.8 Å². The van der Waals surface area contributed by atoms with Gasteiger partial charge in [-0.2, -0.15) is 0 Å². The van der Waals surface area contributed by atoms with Crippen LogP contribution in [0.2, 0.25) is 0 Å². The summed E-state index contributed by atoms with van der Waals surface area (Å²) >= 11 is 0. The summed E-state index contributed by atoms with van der Waals surface area (Å²) in [4.78, 5) is 7.92. The first kappa shape index (κ1) is 8.81. The molecule has 0 aliphatic heterocycles. The van der Waals surface area contributed by atoms with E-state index < -0.39 is 0 Å². The van der Waals surface area contributed by atoms with Crippen molar-refractivity contribution in [3.63, 3.8) is 0 Å². The van der Waals surface area contributed by atoms with Gasteiger partial charge in [0, 0.05) is 18.0 Å². The summed E-state index contributed by atoms with van der Waals surface area (Å²) < 4.78 is 12.9. The molecule has 0 spiro atoms. The summed E-state index contributed by atoms with van der Waals surface area (Å²) in [7, 11) is 0. The molecule has 0 unspecified atom stereocenters. The molecule has 0 bridgehead atoms. The minimum absolute atomic E-state index is 0.275. The zero-order valence-corrected chi connectivity index (χ0v) is 7.74. The van der Waals surface area contributed by atoms with Gasteiger partial charge in [-0.15, -0.1) is 0 Å². The van der Waals surface area contributed by atoms with Crippen LogP contribution < -0.4 is 0 Å². The predicted molar refractivity (Wildman–Crippen MR) is 52.2 cm³/mol. The lowest BCUT2D eigenvalue weighted by atomic mass is 10.1. The Morgan fingerprint density at radius 2 is 1.93 bits per heavy atom. The minimum atomic E-state index is -0.275. The van der Waals surface area contributed by atoms with E-state index in [1.165, 1.54) is 6.20 Å². The Morgan fingerprint density at radius 1 is 1.21 bits per heavy atom. The molecule has 0 radical (unpaired) electrons. The van der Waals surface area contributed by atoms with E-state index in [1.54, 1.807) is 25.4 Å². The van der Waals surface area contributed by atoms with Gasteiger partial charge < -0.3 is 0 Å². The van der Waals surface area contributed by atoms with Crippen LogP contribution in [0.3, 0.4) is 0 Å². The highest BCUT2D eigenvalue weighted by Gasteiger charge is 2.01. The first-order valence-electron chi connectivity index (χ1n) is 4.30. The lowest BCUT2D eigenvalue weighted by Gasteiger charge is -2.01. The van der Waals surface area contributed by atoms with E-state index in [4.69, 9.17) is 0 Å². The van der Waals surface area contributed by atoms with Gasteiger partial charge in [0.1, 0.15) is 5.82 Å². The highest BCUT2D eigenvalue weighted by molar-refractivity contribution is 5.58. The van der Waals surface area contributed by atoms with Crippen LogP contribution >= 0.6 is 0 Å². The van der Waals surface area contributed by atoms with E-state index in [2.05, 4.69) is 9.97 Å². The molecule has 14 heavy (non-hydrogen) atoms. The normalized spacial score (nSPS) is 10.1. The summed E-state index contributed by atoms with van der Waals surface area (Å²) in [5.41, 5.74) is 2.32. The van der Waals surface area contributed by atoms with E-state index in [0.717, 1.165) is 11.3 Å². The molecule has 0 aromatic carbocycles. The highest BCUT2D eigenvalue weighted by atomic mass is 19.1. The van der Waals surface area contributed by atoms with Crippen LogP contribution in [0.25, 0.3) is 11.3 Å². The standard InChI is InChI=1S/C11H9FN2/c1-8-6-11(14-7-10(8)12)9-2-4-13-5-3-9/h2-7H,1H3. The molecule has 0 N–H and O–H groups in total. The van der Waals surface area contributed by atoms with Crippen LogP contribution in [-0.2, 0) is 0 Å². The zero-order valence-electron chi connectivity index (χ0n) is 7.74. The Morgan fingerprint density at radius 3 is 2.57 bits per heavy atom. The molecule has 0 aliphatic rings. The van der Waals surface area contributed by atoms with Gasteiger partial charge in [-0.3, -0.25) is 9.97 Å². The topological polar surface area (TPSA) is 25.8 Å². The maximum atomic E-state index is 12.9. The van der Waals surface area contributed by atoms with Crippen molar-refractivity contribution < 1.29 is 4.39 Å². The SMILES string of the molecule is Cc1cc(-c2ccncc2)ncc1F. The van der Waals surface area contributed by atoms with Crippen LogP contribution in [0.1, 0.15) is 5.56 Å². The molecule has 0 saturated heterocycles. The number of pyridine rings is 2. The molecule has 2 heterocycles. The molecule has 2 aromatic rings. The monoisotopic (exact) mass is 188 g/mol. The van der Waals surface area contributed by atoms with E-state index in [0.29, 0.717) is 5.56 Å². The number of rotatable bonds is 1. The molecular formula is C11H9FN2. The second kappa shape index (κ2) is 3.54. The maximum absolute atomic E-state index is 12.9. The average molecular weight is 188 g/mol. The van der Waals surface area contributed by atoms with E-state index in [-0.39, 0.29) is 5.82 Å². The summed E-state index contributed by atoms with van der Waals surface area (Å²) in [6, 6.07) is 5.42. The zero-order chi connectivity index (χ0) is 9.97. The molecule has 0 amide bonds. The predicted octanol–water partition coefficient (Wildman–Crippen LogP) is 2.59. The second-order valence-corrected chi connectivity index (χ2v) is 3.05. The van der Waals surface area contributed by atoms with Gasteiger partial charge in [-0.05, 0) is 30.7 Å². The van der Waals surface area contributed by atoms with Gasteiger partial charge >= 0.3 is 0 Å². The Hall–Kier alpha value is -1.77. The molecule has 2 aromatic heterocycles. The molecule has 0 saturated carbocycles. The summed E-state index contributed by atoms with van der Waals surface area (Å²) in [5, 5.41) is 0. The number of hydrogen-bond acceptors (Lipinski definition) is 2. The first-order chi connectivity index (χ1) is 6.77. The van der Waals surface area contributed by atoms with Crippen molar-refractivity contribution in [2.24, 2.45) is 0 Å². The van der Waals surface area contributed by atoms with Crippen LogP contribution in [0, 0.1) is 12.7 Å². The fourth-order valence-electron chi connectivity index (χ4n) is 1.22. The van der Waals surface area contributed by atoms with Crippen molar-refractivity contribution in [3.8, 4) is 11.3 Å². The van der Waals surface area contributed by atoms with Gasteiger partial charge in [-0.1, -0.05) is 0 Å². The molecule has 2 nitrogen and oxygen atoms in total. The lowest BCUT2D eigenvalue weighted by Crippen LogP contribution is -1.88. The molecule has 0 atom stereocenters. The smallest absolute Gasteiger partial charge is 0.144 e. The van der Waals surface area contributed by atoms with Gasteiger partial charge in [0.15, 0.2) is 0 Å². The van der Waals surface area contributed by atoms with Crippen LogP contribution in [-0.4, -0.2) is 9.97 Å². The second-order valence-electron chi connectivity index (χ2n) is 3.05. The van der Waals surface area contributed by atoms with Gasteiger partial charge in [0.25, 0.3) is 0 Å². The lowest BCUT2D eigenvalue weighted by molar-refractivity contribution is 0.612. The number of halogens is 1. The number of aryl methyl sites for hydroxylation is 1. The summed E-state index contributed by atoms with van der Waals surface area (Å²) in [6.07, 6.45) is 4.62. The van der Waals surface area contributed by atoms with Crippen molar-refractivity contribution >= 4 is 0 Å². The summed E-state index contributed by atoms with van der Waals surface area (Å²) in [6.45, 7) is 1.72. The molecule has 3 heteroatoms. The molecule has 70 valence electrons. The fourth-order valence-corrected chi connectivity index (χ4v) is 1.22. The molecule has 0 aliphatic carbocycles. The highest BCUT2D eigenvalue weighted by Crippen LogP contribution is 2.17. The summed E-state index contributed by atoms with van der Waals surface area (Å²) in [5.74, 6) is -0.275. The first-order valence-corrected chi connectivity index (χ1v) is 4.30. The van der Waals surface area contributed by atoms with Gasteiger partial charge in [0.05, 0.1) is 11.9 Å². The number of nitrogens with zero attached hydrogens (tertiary/aromatic N) is 2. The van der Waals surface area contributed by atoms with Crippen molar-refractivity contribution in [2.75, 3.05) is 0 Å². The molecule has 2 rings (SSSR count). The van der Waals surface area contributed by atoms with Crippen LogP contribution in [0.5, 0.6) is 0 Å². The molecular weight excluding hydrogens is 179 g/mol. The fraction of sp³-hybridized carbons (Fsp3) is 0.0909. The quantitative estimate of drug-likeness (QED) is 0.687. The average Bonchev–Trinajstić information content (AvgIpc) is 2.23. The van der Waals surface area contributed by atoms with E-state index in [1.807, 2.05) is 12.1 Å². The number of hydrogen-bond donors (Lipinski definition) is 0. The Balaban J connectivity index is 2.48. The Bertz CT molecular complexity index is 440. The Kier molecular flexibility index (Phi) is 2.23. The third-order valence-corrected chi connectivity index (χ3v) is 2.02. The van der Waals surface area contributed by atoms with E-state index in [9.17, 15) is 4.39 Å². The van der Waals surface area contributed by atoms with Gasteiger partial charge in [0.2, 0.25) is 0 Å². The van der Waals surface area contributed by atoms with Crippen molar-refractivity contribution in [1.82, 2.24) is 9.97 Å². The number of aromatic nitrogens is 2. The van der Waals surface area contributed by atoms with Crippen molar-refractivity contribution in [1.29, 1.82) is 0 Å². The molecule has 0 fully saturated rings. The Labute approximate surface area is 81.5 Å². The largest absolute Gasteiger partial charge is 0.265 e. The van der Waals surface area contributed by atoms with Gasteiger partial charge in [-0.25, -0.2) is 4.39 Å². The van der Waals surface area contributed by atoms with Crippen molar-refractivity contribution in [3.05, 3.63) is 48.2 Å². The third-order valence-electron chi connectivity index (χ3n) is 2.02. The van der Waals surface area contributed by atoms with Crippen LogP contribution in [0.4, 0.5) is 4.39 Å². The van der Waals surface area contributed by atoms with Crippen molar-refractivity contribution in [2.45, 2.75) is 6.92 Å².